The van der Waals surface area contributed by atoms with Crippen LogP contribution in [0.5, 0.6) is 0 Å². The zero-order valence-corrected chi connectivity index (χ0v) is 16.0. The molecule has 2 atom stereocenters. The van der Waals surface area contributed by atoms with E-state index in [0.717, 1.165) is 15.6 Å². The van der Waals surface area contributed by atoms with Crippen LogP contribution in [0.1, 0.15) is 17.0 Å². The van der Waals surface area contributed by atoms with Crippen LogP contribution in [-0.2, 0) is 6.54 Å². The first-order valence-corrected chi connectivity index (χ1v) is 9.64. The second-order valence-electron chi connectivity index (χ2n) is 7.32. The zero-order valence-electron chi connectivity index (χ0n) is 14.5. The Bertz CT molecular complexity index is 777. The number of piperazine rings is 1. The van der Waals surface area contributed by atoms with Gasteiger partial charge in [-0.15, -0.1) is 0 Å². The van der Waals surface area contributed by atoms with Gasteiger partial charge >= 0.3 is 6.18 Å². The van der Waals surface area contributed by atoms with Gasteiger partial charge in [-0.2, -0.15) is 13.2 Å². The van der Waals surface area contributed by atoms with Crippen LogP contribution in [0.25, 0.3) is 0 Å². The Balaban J connectivity index is 1.53. The molecule has 2 aliphatic rings. The van der Waals surface area contributed by atoms with Gasteiger partial charge in [0, 0.05) is 42.1 Å². The number of rotatable bonds is 4. The predicted octanol–water partition coefficient (Wildman–Crippen LogP) is 4.80. The summed E-state index contributed by atoms with van der Waals surface area (Å²) in [6, 6.07) is 14.4. The Kier molecular flexibility index (Phi) is 5.03. The summed E-state index contributed by atoms with van der Waals surface area (Å²) >= 11 is 3.43. The van der Waals surface area contributed by atoms with Crippen LogP contribution in [0.15, 0.2) is 53.0 Å². The SMILES string of the molecule is Fc1ccc(CN2C3CN(CC(F)(F)F)CC2C3c2ccc(Br)cc2)cc1. The van der Waals surface area contributed by atoms with Gasteiger partial charge in [-0.3, -0.25) is 9.80 Å². The minimum absolute atomic E-state index is 0.0253. The average molecular weight is 443 g/mol. The molecule has 0 aromatic heterocycles. The summed E-state index contributed by atoms with van der Waals surface area (Å²) in [6.07, 6.45) is -4.18. The number of halogens is 5. The summed E-state index contributed by atoms with van der Waals surface area (Å²) < 4.78 is 52.6. The maximum Gasteiger partial charge on any atom is 0.401 e. The number of likely N-dealkylation sites (tertiary alicyclic amines) is 1. The second kappa shape index (κ2) is 7.18. The average Bonchev–Trinajstić information content (AvgIpc) is 2.61. The third-order valence-electron chi connectivity index (χ3n) is 5.51. The fourth-order valence-corrected chi connectivity index (χ4v) is 4.67. The quantitative estimate of drug-likeness (QED) is 0.627. The topological polar surface area (TPSA) is 6.48 Å². The molecule has 0 N–H and O–H groups in total. The first-order chi connectivity index (χ1) is 12.8. The molecule has 144 valence electrons. The molecule has 2 bridgehead atoms. The van der Waals surface area contributed by atoms with Gasteiger partial charge < -0.3 is 0 Å². The van der Waals surface area contributed by atoms with E-state index < -0.39 is 12.7 Å². The summed E-state index contributed by atoms with van der Waals surface area (Å²) in [5.41, 5.74) is 2.14. The standard InChI is InChI=1S/C20H19BrF4N2/c21-15-5-3-14(4-6-15)19-17-10-26(12-20(23,24)25)11-18(19)27(17)9-13-1-7-16(22)8-2-13/h1-8,17-19H,9-12H2. The van der Waals surface area contributed by atoms with Crippen molar-refractivity contribution in [2.24, 2.45) is 0 Å². The van der Waals surface area contributed by atoms with Crippen LogP contribution in [0.2, 0.25) is 0 Å². The fraction of sp³-hybridized carbons (Fsp3) is 0.400. The van der Waals surface area contributed by atoms with E-state index in [9.17, 15) is 17.6 Å². The molecule has 27 heavy (non-hydrogen) atoms. The van der Waals surface area contributed by atoms with Crippen molar-refractivity contribution in [3.05, 3.63) is 69.9 Å². The summed E-state index contributed by atoms with van der Waals surface area (Å²) in [6.45, 7) is 0.538. The molecule has 4 rings (SSSR count). The molecule has 0 radical (unpaired) electrons. The van der Waals surface area contributed by atoms with Crippen molar-refractivity contribution in [2.75, 3.05) is 19.6 Å². The Morgan fingerprint density at radius 3 is 2.07 bits per heavy atom. The summed E-state index contributed by atoms with van der Waals surface area (Å²) in [5.74, 6) is -0.0605. The third-order valence-corrected chi connectivity index (χ3v) is 6.04. The predicted molar refractivity (Wildman–Crippen MR) is 98.9 cm³/mol. The molecule has 2 aliphatic heterocycles. The van der Waals surface area contributed by atoms with Gasteiger partial charge in [0.15, 0.2) is 0 Å². The molecule has 2 saturated heterocycles. The van der Waals surface area contributed by atoms with Crippen LogP contribution in [0.3, 0.4) is 0 Å². The number of fused-ring (bicyclic) bond motifs is 2. The minimum atomic E-state index is -4.18. The van der Waals surface area contributed by atoms with Crippen molar-refractivity contribution >= 4 is 15.9 Å². The zero-order chi connectivity index (χ0) is 19.2. The molecular weight excluding hydrogens is 424 g/mol. The van der Waals surface area contributed by atoms with Gasteiger partial charge in [0.25, 0.3) is 0 Å². The molecule has 0 saturated carbocycles. The number of piperidine rings is 1. The molecule has 2 unspecified atom stereocenters. The molecule has 2 aromatic rings. The molecule has 0 aliphatic carbocycles. The molecule has 2 aromatic carbocycles. The van der Waals surface area contributed by atoms with E-state index in [0.29, 0.717) is 19.6 Å². The lowest BCUT2D eigenvalue weighted by Crippen LogP contribution is -2.73. The van der Waals surface area contributed by atoms with E-state index in [-0.39, 0.29) is 23.8 Å². The number of nitrogens with zero attached hydrogens (tertiary/aromatic N) is 2. The summed E-state index contributed by atoms with van der Waals surface area (Å²) in [5, 5.41) is 0. The Labute approximate surface area is 163 Å². The highest BCUT2D eigenvalue weighted by molar-refractivity contribution is 9.10. The molecule has 7 heteroatoms. The Hall–Kier alpha value is -1.44. The Morgan fingerprint density at radius 2 is 1.52 bits per heavy atom. The number of benzene rings is 2. The van der Waals surface area contributed by atoms with Crippen molar-refractivity contribution in [1.29, 1.82) is 0 Å². The van der Waals surface area contributed by atoms with Crippen LogP contribution in [0.4, 0.5) is 17.6 Å². The van der Waals surface area contributed by atoms with Crippen molar-refractivity contribution in [1.82, 2.24) is 9.80 Å². The lowest BCUT2D eigenvalue weighted by Gasteiger charge is -2.62. The monoisotopic (exact) mass is 442 g/mol. The maximum atomic E-state index is 13.1. The van der Waals surface area contributed by atoms with Gasteiger partial charge in [-0.25, -0.2) is 4.39 Å². The molecule has 2 fully saturated rings. The first kappa shape index (κ1) is 18.9. The highest BCUT2D eigenvalue weighted by Crippen LogP contribution is 2.46. The minimum Gasteiger partial charge on any atom is -0.292 e. The van der Waals surface area contributed by atoms with Crippen LogP contribution < -0.4 is 0 Å². The van der Waals surface area contributed by atoms with Gasteiger partial charge in [0.2, 0.25) is 0 Å². The van der Waals surface area contributed by atoms with E-state index in [1.54, 1.807) is 12.1 Å². The number of hydrogen-bond donors (Lipinski definition) is 0. The van der Waals surface area contributed by atoms with E-state index in [2.05, 4.69) is 20.8 Å². The van der Waals surface area contributed by atoms with Crippen molar-refractivity contribution in [2.45, 2.75) is 30.7 Å². The van der Waals surface area contributed by atoms with Gasteiger partial charge in [0.1, 0.15) is 5.82 Å². The van der Waals surface area contributed by atoms with E-state index in [4.69, 9.17) is 0 Å². The highest BCUT2D eigenvalue weighted by atomic mass is 79.9. The third kappa shape index (κ3) is 4.05. The van der Waals surface area contributed by atoms with Crippen LogP contribution >= 0.6 is 15.9 Å². The summed E-state index contributed by atoms with van der Waals surface area (Å²) in [4.78, 5) is 3.76. The second-order valence-corrected chi connectivity index (χ2v) is 8.24. The highest BCUT2D eigenvalue weighted by Gasteiger charge is 2.54. The van der Waals surface area contributed by atoms with Crippen molar-refractivity contribution in [3.63, 3.8) is 0 Å². The number of alkyl halides is 3. The van der Waals surface area contributed by atoms with E-state index in [1.165, 1.54) is 17.0 Å². The van der Waals surface area contributed by atoms with Crippen LogP contribution in [0, 0.1) is 5.82 Å². The van der Waals surface area contributed by atoms with Crippen molar-refractivity contribution < 1.29 is 17.6 Å². The summed E-state index contributed by atoms with van der Waals surface area (Å²) in [7, 11) is 0. The first-order valence-electron chi connectivity index (χ1n) is 8.85. The molecular formula is C20H19BrF4N2. The normalized spacial score (nSPS) is 26.0. The van der Waals surface area contributed by atoms with Gasteiger partial charge in [-0.05, 0) is 35.4 Å². The Morgan fingerprint density at radius 1 is 0.926 bits per heavy atom. The smallest absolute Gasteiger partial charge is 0.292 e. The largest absolute Gasteiger partial charge is 0.401 e. The van der Waals surface area contributed by atoms with Gasteiger partial charge in [-0.1, -0.05) is 40.2 Å². The van der Waals surface area contributed by atoms with Gasteiger partial charge in [0.05, 0.1) is 6.54 Å². The lowest BCUT2D eigenvalue weighted by molar-refractivity contribution is -0.173. The van der Waals surface area contributed by atoms with E-state index in [1.807, 2.05) is 24.3 Å². The fourth-order valence-electron chi connectivity index (χ4n) is 4.40. The molecule has 0 spiro atoms. The van der Waals surface area contributed by atoms with Crippen molar-refractivity contribution in [3.8, 4) is 0 Å². The van der Waals surface area contributed by atoms with E-state index >= 15 is 0 Å². The van der Waals surface area contributed by atoms with Crippen LogP contribution in [-0.4, -0.2) is 47.7 Å². The maximum absolute atomic E-state index is 13.1. The molecule has 2 heterocycles. The number of hydrogen-bond acceptors (Lipinski definition) is 2. The lowest BCUT2D eigenvalue weighted by atomic mass is 9.71. The molecule has 2 nitrogen and oxygen atoms in total. The molecule has 0 amide bonds.